The van der Waals surface area contributed by atoms with Crippen molar-refractivity contribution < 1.29 is 4.39 Å². The van der Waals surface area contributed by atoms with E-state index in [4.69, 9.17) is 0 Å². The quantitative estimate of drug-likeness (QED) is 0.578. The van der Waals surface area contributed by atoms with Crippen LogP contribution in [0.2, 0.25) is 0 Å². The third-order valence-corrected chi connectivity index (χ3v) is 1.91. The van der Waals surface area contributed by atoms with Gasteiger partial charge in [0, 0.05) is 6.07 Å². The van der Waals surface area contributed by atoms with Gasteiger partial charge in [0.25, 0.3) is 0 Å². The second-order valence-corrected chi connectivity index (χ2v) is 2.67. The maximum absolute atomic E-state index is 12.5. The number of fused-ring (bicyclic) bond motifs is 1. The van der Waals surface area contributed by atoms with E-state index >= 15 is 0 Å². The second-order valence-electron chi connectivity index (χ2n) is 1.88. The number of aromatic nitrogens is 2. The van der Waals surface area contributed by atoms with Gasteiger partial charge in [-0.2, -0.15) is 0 Å². The van der Waals surface area contributed by atoms with E-state index in [2.05, 4.69) is 9.59 Å². The van der Waals surface area contributed by atoms with Crippen LogP contribution in [0.5, 0.6) is 0 Å². The Balaban J connectivity index is 2.86. The topological polar surface area (TPSA) is 25.8 Å². The van der Waals surface area contributed by atoms with Crippen molar-refractivity contribution in [1.82, 2.24) is 9.59 Å². The smallest absolute Gasteiger partial charge is 0.125 e. The average molecular weight is 154 g/mol. The molecule has 1 aromatic carbocycles. The van der Waals surface area contributed by atoms with Gasteiger partial charge in [0.15, 0.2) is 0 Å². The molecule has 0 bridgehead atoms. The van der Waals surface area contributed by atoms with Gasteiger partial charge in [-0.05, 0) is 23.7 Å². The van der Waals surface area contributed by atoms with E-state index in [0.29, 0.717) is 5.52 Å². The lowest BCUT2D eigenvalue weighted by atomic mass is 10.3. The molecule has 0 spiro atoms. The summed E-state index contributed by atoms with van der Waals surface area (Å²) >= 11 is 1.27. The summed E-state index contributed by atoms with van der Waals surface area (Å²) in [5.41, 5.74) is 0.630. The molecule has 0 aliphatic rings. The molecule has 2 nitrogen and oxygen atoms in total. The molecular weight excluding hydrogens is 151 g/mol. The molecule has 10 heavy (non-hydrogen) atoms. The van der Waals surface area contributed by atoms with Crippen LogP contribution in [0.25, 0.3) is 10.2 Å². The SMILES string of the molecule is Fc1ccc2snnc2c1. The maximum Gasteiger partial charge on any atom is 0.125 e. The number of hydrogen-bond donors (Lipinski definition) is 0. The Labute approximate surface area is 60.5 Å². The Bertz CT molecular complexity index is 357. The molecular formula is C6H3FN2S. The molecule has 1 aromatic heterocycles. The first-order chi connectivity index (χ1) is 4.86. The van der Waals surface area contributed by atoms with Crippen LogP contribution in [0, 0.1) is 5.82 Å². The Morgan fingerprint density at radius 1 is 1.40 bits per heavy atom. The fourth-order valence-corrected chi connectivity index (χ4v) is 1.29. The minimum atomic E-state index is -0.264. The molecule has 2 aromatic rings. The molecule has 0 atom stereocenters. The van der Waals surface area contributed by atoms with E-state index in [0.717, 1.165) is 4.70 Å². The van der Waals surface area contributed by atoms with E-state index < -0.39 is 0 Å². The summed E-state index contributed by atoms with van der Waals surface area (Å²) in [4.78, 5) is 0. The highest BCUT2D eigenvalue weighted by Gasteiger charge is 1.97. The van der Waals surface area contributed by atoms with Crippen molar-refractivity contribution in [2.75, 3.05) is 0 Å². The van der Waals surface area contributed by atoms with Crippen LogP contribution in [-0.4, -0.2) is 9.59 Å². The first-order valence-corrected chi connectivity index (χ1v) is 3.51. The lowest BCUT2D eigenvalue weighted by molar-refractivity contribution is 0.629. The van der Waals surface area contributed by atoms with Gasteiger partial charge in [-0.3, -0.25) is 0 Å². The van der Waals surface area contributed by atoms with Crippen molar-refractivity contribution in [3.05, 3.63) is 24.0 Å². The zero-order valence-corrected chi connectivity index (χ0v) is 5.73. The molecule has 0 aliphatic heterocycles. The molecule has 0 unspecified atom stereocenters. The van der Waals surface area contributed by atoms with E-state index in [1.807, 2.05) is 0 Å². The molecule has 1 heterocycles. The van der Waals surface area contributed by atoms with Crippen molar-refractivity contribution in [1.29, 1.82) is 0 Å². The minimum absolute atomic E-state index is 0.264. The van der Waals surface area contributed by atoms with Gasteiger partial charge < -0.3 is 0 Å². The van der Waals surface area contributed by atoms with Gasteiger partial charge in [-0.15, -0.1) is 5.10 Å². The number of rotatable bonds is 0. The molecule has 0 radical (unpaired) electrons. The highest BCUT2D eigenvalue weighted by atomic mass is 32.1. The zero-order valence-electron chi connectivity index (χ0n) is 4.91. The summed E-state index contributed by atoms with van der Waals surface area (Å²) < 4.78 is 17.0. The Hall–Kier alpha value is -1.03. The maximum atomic E-state index is 12.5. The molecule has 0 fully saturated rings. The standard InChI is InChI=1S/C6H3FN2S/c7-4-1-2-6-5(3-4)8-9-10-6/h1-3H. The third-order valence-electron chi connectivity index (χ3n) is 1.21. The predicted molar refractivity (Wildman–Crippen MR) is 37.4 cm³/mol. The van der Waals surface area contributed by atoms with Gasteiger partial charge in [-0.1, -0.05) is 4.49 Å². The first-order valence-electron chi connectivity index (χ1n) is 2.74. The molecule has 2 rings (SSSR count). The predicted octanol–water partition coefficient (Wildman–Crippen LogP) is 1.83. The summed E-state index contributed by atoms with van der Waals surface area (Å²) in [5.74, 6) is -0.264. The highest BCUT2D eigenvalue weighted by Crippen LogP contribution is 2.15. The summed E-state index contributed by atoms with van der Waals surface area (Å²) in [6.07, 6.45) is 0. The summed E-state index contributed by atoms with van der Waals surface area (Å²) in [6, 6.07) is 4.45. The first kappa shape index (κ1) is 5.73. The van der Waals surface area contributed by atoms with Crippen molar-refractivity contribution in [2.45, 2.75) is 0 Å². The number of nitrogens with zero attached hydrogens (tertiary/aromatic N) is 2. The normalized spacial score (nSPS) is 10.5. The van der Waals surface area contributed by atoms with Crippen LogP contribution in [-0.2, 0) is 0 Å². The van der Waals surface area contributed by atoms with Gasteiger partial charge in [-0.25, -0.2) is 4.39 Å². The fraction of sp³-hybridized carbons (Fsp3) is 0. The molecule has 4 heteroatoms. The zero-order chi connectivity index (χ0) is 6.97. The van der Waals surface area contributed by atoms with E-state index in [-0.39, 0.29) is 5.82 Å². The van der Waals surface area contributed by atoms with Crippen molar-refractivity contribution in [2.24, 2.45) is 0 Å². The molecule has 0 amide bonds. The Morgan fingerprint density at radius 3 is 3.20 bits per heavy atom. The van der Waals surface area contributed by atoms with Crippen LogP contribution in [0.3, 0.4) is 0 Å². The lowest BCUT2D eigenvalue weighted by Gasteiger charge is -1.83. The second kappa shape index (κ2) is 1.98. The summed E-state index contributed by atoms with van der Waals surface area (Å²) in [7, 11) is 0. The van der Waals surface area contributed by atoms with Crippen LogP contribution in [0.15, 0.2) is 18.2 Å². The van der Waals surface area contributed by atoms with Crippen LogP contribution >= 0.6 is 11.5 Å². The van der Waals surface area contributed by atoms with E-state index in [1.165, 1.54) is 23.7 Å². The van der Waals surface area contributed by atoms with Crippen molar-refractivity contribution in [3.8, 4) is 0 Å². The van der Waals surface area contributed by atoms with Crippen LogP contribution in [0.1, 0.15) is 0 Å². The fourth-order valence-electron chi connectivity index (χ4n) is 0.754. The minimum Gasteiger partial charge on any atom is -0.207 e. The molecule has 0 saturated heterocycles. The summed E-state index contributed by atoms with van der Waals surface area (Å²) in [6.45, 7) is 0. The monoisotopic (exact) mass is 154 g/mol. The number of halogens is 1. The molecule has 0 aliphatic carbocycles. The van der Waals surface area contributed by atoms with Crippen molar-refractivity contribution in [3.63, 3.8) is 0 Å². The Morgan fingerprint density at radius 2 is 2.30 bits per heavy atom. The molecule has 0 N–H and O–H groups in total. The largest absolute Gasteiger partial charge is 0.207 e. The van der Waals surface area contributed by atoms with Gasteiger partial charge in [0.05, 0.1) is 4.70 Å². The number of hydrogen-bond acceptors (Lipinski definition) is 3. The molecule has 50 valence electrons. The van der Waals surface area contributed by atoms with E-state index in [1.54, 1.807) is 6.07 Å². The van der Waals surface area contributed by atoms with Gasteiger partial charge in [0.1, 0.15) is 11.3 Å². The van der Waals surface area contributed by atoms with E-state index in [9.17, 15) is 4.39 Å². The van der Waals surface area contributed by atoms with Crippen LogP contribution < -0.4 is 0 Å². The van der Waals surface area contributed by atoms with Gasteiger partial charge >= 0.3 is 0 Å². The number of benzene rings is 1. The Kier molecular flexibility index (Phi) is 1.14. The average Bonchev–Trinajstić information content (AvgIpc) is 2.33. The third kappa shape index (κ3) is 0.769. The van der Waals surface area contributed by atoms with Crippen LogP contribution in [0.4, 0.5) is 4.39 Å². The summed E-state index contributed by atoms with van der Waals surface area (Å²) in [5, 5.41) is 3.71. The van der Waals surface area contributed by atoms with Gasteiger partial charge in [0.2, 0.25) is 0 Å². The highest BCUT2D eigenvalue weighted by molar-refractivity contribution is 7.12. The molecule has 0 saturated carbocycles. The van der Waals surface area contributed by atoms with Crippen molar-refractivity contribution >= 4 is 21.7 Å². The lowest BCUT2D eigenvalue weighted by Crippen LogP contribution is -1.71.